The Labute approximate surface area is 155 Å². The number of carbonyl (C=O) groups excluding carboxylic acids is 1. The van der Waals surface area contributed by atoms with Crippen LogP contribution in [0.2, 0.25) is 0 Å². The summed E-state index contributed by atoms with van der Waals surface area (Å²) in [6.07, 6.45) is 1.59. The van der Waals surface area contributed by atoms with E-state index in [-0.39, 0.29) is 16.3 Å². The summed E-state index contributed by atoms with van der Waals surface area (Å²) >= 11 is 1.01. The van der Waals surface area contributed by atoms with Crippen LogP contribution in [0.4, 0.5) is 5.95 Å². The minimum atomic E-state index is -3.87. The highest BCUT2D eigenvalue weighted by molar-refractivity contribution is 7.89. The Morgan fingerprint density at radius 3 is 2.88 bits per heavy atom. The third kappa shape index (κ3) is 4.18. The van der Waals surface area contributed by atoms with E-state index in [4.69, 9.17) is 4.74 Å². The molecular formula is C15H18N4O5S2. The Bertz CT molecular complexity index is 878. The first-order valence-electron chi connectivity index (χ1n) is 7.81. The van der Waals surface area contributed by atoms with E-state index >= 15 is 0 Å². The maximum absolute atomic E-state index is 12.5. The molecule has 0 saturated carbocycles. The molecule has 0 radical (unpaired) electrons. The molecule has 9 nitrogen and oxygen atoms in total. The number of rotatable bonds is 6. The van der Waals surface area contributed by atoms with Crippen molar-refractivity contribution in [3.8, 4) is 0 Å². The molecule has 0 unspecified atom stereocenters. The van der Waals surface area contributed by atoms with Gasteiger partial charge in [-0.25, -0.2) is 27.9 Å². The first-order chi connectivity index (χ1) is 12.5. The maximum atomic E-state index is 12.5. The fraction of sp³-hybridized carbons (Fsp3) is 0.400. The summed E-state index contributed by atoms with van der Waals surface area (Å²) in [5.41, 5.74) is 0.528. The van der Waals surface area contributed by atoms with Gasteiger partial charge in [-0.3, -0.25) is 0 Å². The Morgan fingerprint density at radius 2 is 2.15 bits per heavy atom. The van der Waals surface area contributed by atoms with Gasteiger partial charge in [0.15, 0.2) is 0 Å². The van der Waals surface area contributed by atoms with E-state index in [9.17, 15) is 13.2 Å². The van der Waals surface area contributed by atoms with Crippen LogP contribution in [-0.4, -0.2) is 57.8 Å². The zero-order valence-electron chi connectivity index (χ0n) is 14.0. The standard InChI is InChI=1S/C15H18N4O5S2/c1-23-14(20)13-12(3-9-25-13)26(21,22)17-10-11-2-4-16-15(18-11)19-5-7-24-8-6-19/h2-4,9,17H,5-8,10H2,1H3. The maximum Gasteiger partial charge on any atom is 0.349 e. The molecule has 1 aliphatic heterocycles. The molecule has 26 heavy (non-hydrogen) atoms. The summed E-state index contributed by atoms with van der Waals surface area (Å²) in [5.74, 6) is -0.146. The highest BCUT2D eigenvalue weighted by Gasteiger charge is 2.24. The average molecular weight is 398 g/mol. The quantitative estimate of drug-likeness (QED) is 0.706. The molecule has 0 atom stereocenters. The number of sulfonamides is 1. The summed E-state index contributed by atoms with van der Waals surface area (Å²) in [4.78, 5) is 22.2. The molecule has 0 aromatic carbocycles. The minimum absolute atomic E-state index is 0.0152. The second-order valence-electron chi connectivity index (χ2n) is 5.38. The molecule has 0 amide bonds. The summed E-state index contributed by atoms with van der Waals surface area (Å²) in [6.45, 7) is 2.57. The Balaban J connectivity index is 1.72. The van der Waals surface area contributed by atoms with Crippen molar-refractivity contribution < 1.29 is 22.7 Å². The molecule has 3 rings (SSSR count). The number of morpholine rings is 1. The van der Waals surface area contributed by atoms with Gasteiger partial charge in [-0.2, -0.15) is 0 Å². The van der Waals surface area contributed by atoms with Crippen molar-refractivity contribution in [3.05, 3.63) is 34.3 Å². The number of thiophene rings is 1. The lowest BCUT2D eigenvalue weighted by atomic mass is 10.4. The van der Waals surface area contributed by atoms with E-state index in [0.717, 1.165) is 11.3 Å². The first kappa shape index (κ1) is 18.7. The molecular weight excluding hydrogens is 380 g/mol. The normalized spacial score (nSPS) is 15.0. The van der Waals surface area contributed by atoms with E-state index in [2.05, 4.69) is 19.4 Å². The predicted molar refractivity (Wildman–Crippen MR) is 94.7 cm³/mol. The van der Waals surface area contributed by atoms with Crippen LogP contribution in [0.5, 0.6) is 0 Å². The van der Waals surface area contributed by atoms with E-state index in [1.165, 1.54) is 18.6 Å². The second-order valence-corrected chi connectivity index (χ2v) is 8.03. The molecule has 2 aromatic heterocycles. The van der Waals surface area contributed by atoms with Gasteiger partial charge in [-0.1, -0.05) is 0 Å². The number of esters is 1. The molecule has 11 heteroatoms. The molecule has 1 N–H and O–H groups in total. The van der Waals surface area contributed by atoms with Gasteiger partial charge in [-0.05, 0) is 17.5 Å². The lowest BCUT2D eigenvalue weighted by molar-refractivity contribution is 0.0602. The van der Waals surface area contributed by atoms with Gasteiger partial charge in [0.05, 0.1) is 32.6 Å². The smallest absolute Gasteiger partial charge is 0.349 e. The molecule has 140 valence electrons. The van der Waals surface area contributed by atoms with Gasteiger partial charge in [0.1, 0.15) is 9.77 Å². The monoisotopic (exact) mass is 398 g/mol. The van der Waals surface area contributed by atoms with Gasteiger partial charge in [0, 0.05) is 19.3 Å². The number of hydrogen-bond donors (Lipinski definition) is 1. The van der Waals surface area contributed by atoms with E-state index in [1.807, 2.05) is 4.90 Å². The van der Waals surface area contributed by atoms with Crippen molar-refractivity contribution >= 4 is 33.3 Å². The van der Waals surface area contributed by atoms with Crippen molar-refractivity contribution in [2.45, 2.75) is 11.4 Å². The Morgan fingerprint density at radius 1 is 1.38 bits per heavy atom. The zero-order chi connectivity index (χ0) is 18.6. The van der Waals surface area contributed by atoms with Gasteiger partial charge < -0.3 is 14.4 Å². The summed E-state index contributed by atoms with van der Waals surface area (Å²) in [5, 5.41) is 1.53. The Hall–Kier alpha value is -2.08. The topological polar surface area (TPSA) is 111 Å². The summed E-state index contributed by atoms with van der Waals surface area (Å²) in [6, 6.07) is 3.01. The van der Waals surface area contributed by atoms with Gasteiger partial charge >= 0.3 is 5.97 Å². The van der Waals surface area contributed by atoms with Crippen LogP contribution in [0.25, 0.3) is 0 Å². The lowest BCUT2D eigenvalue weighted by Gasteiger charge is -2.26. The third-order valence-electron chi connectivity index (χ3n) is 3.73. The first-order valence-corrected chi connectivity index (χ1v) is 10.2. The number of ether oxygens (including phenoxy) is 2. The van der Waals surface area contributed by atoms with Crippen LogP contribution >= 0.6 is 11.3 Å². The number of nitrogens with zero attached hydrogens (tertiary/aromatic N) is 3. The van der Waals surface area contributed by atoms with E-state index < -0.39 is 16.0 Å². The average Bonchev–Trinajstić information content (AvgIpc) is 3.18. The SMILES string of the molecule is COC(=O)c1sccc1S(=O)(=O)NCc1ccnc(N2CCOCC2)n1. The number of methoxy groups -OCH3 is 1. The third-order valence-corrected chi connectivity index (χ3v) is 6.19. The lowest BCUT2D eigenvalue weighted by Crippen LogP contribution is -2.37. The van der Waals surface area contributed by atoms with Crippen LogP contribution in [-0.2, 0) is 26.0 Å². The fourth-order valence-corrected chi connectivity index (χ4v) is 4.73. The second kappa shape index (κ2) is 8.08. The van der Waals surface area contributed by atoms with E-state index in [1.54, 1.807) is 12.3 Å². The molecule has 3 heterocycles. The molecule has 0 bridgehead atoms. The molecule has 1 fully saturated rings. The number of carbonyl (C=O) groups is 1. The highest BCUT2D eigenvalue weighted by Crippen LogP contribution is 2.23. The van der Waals surface area contributed by atoms with Crippen molar-refractivity contribution in [1.82, 2.24) is 14.7 Å². The molecule has 2 aromatic rings. The van der Waals surface area contributed by atoms with Gasteiger partial charge in [-0.15, -0.1) is 11.3 Å². The van der Waals surface area contributed by atoms with Crippen LogP contribution < -0.4 is 9.62 Å². The van der Waals surface area contributed by atoms with E-state index in [0.29, 0.717) is 37.9 Å². The zero-order valence-corrected chi connectivity index (χ0v) is 15.7. The van der Waals surface area contributed by atoms with Crippen LogP contribution in [0.15, 0.2) is 28.6 Å². The number of anilines is 1. The van der Waals surface area contributed by atoms with Crippen LogP contribution in [0, 0.1) is 0 Å². The molecule has 0 aliphatic carbocycles. The van der Waals surface area contributed by atoms with Crippen molar-refractivity contribution in [2.24, 2.45) is 0 Å². The minimum Gasteiger partial charge on any atom is -0.465 e. The fourth-order valence-electron chi connectivity index (χ4n) is 2.40. The summed E-state index contributed by atoms with van der Waals surface area (Å²) in [7, 11) is -2.66. The summed E-state index contributed by atoms with van der Waals surface area (Å²) < 4.78 is 37.4. The van der Waals surface area contributed by atoms with Gasteiger partial charge in [0.25, 0.3) is 0 Å². The largest absolute Gasteiger partial charge is 0.465 e. The number of nitrogens with one attached hydrogen (secondary N) is 1. The Kier molecular flexibility index (Phi) is 5.81. The number of hydrogen-bond acceptors (Lipinski definition) is 9. The number of aromatic nitrogens is 2. The molecule has 1 saturated heterocycles. The van der Waals surface area contributed by atoms with Crippen LogP contribution in [0.1, 0.15) is 15.4 Å². The predicted octanol–water partition coefficient (Wildman–Crippen LogP) is 0.640. The van der Waals surface area contributed by atoms with Crippen molar-refractivity contribution in [1.29, 1.82) is 0 Å². The van der Waals surface area contributed by atoms with Crippen molar-refractivity contribution in [2.75, 3.05) is 38.3 Å². The van der Waals surface area contributed by atoms with Crippen LogP contribution in [0.3, 0.4) is 0 Å². The van der Waals surface area contributed by atoms with Crippen molar-refractivity contribution in [3.63, 3.8) is 0 Å². The molecule has 0 spiro atoms. The molecule has 1 aliphatic rings. The van der Waals surface area contributed by atoms with Gasteiger partial charge in [0.2, 0.25) is 16.0 Å². The highest BCUT2D eigenvalue weighted by atomic mass is 32.2.